The number of anilines is 1. The summed E-state index contributed by atoms with van der Waals surface area (Å²) in [5.41, 5.74) is 8.85. The number of pyridine rings is 1. The number of aromatic nitrogens is 2. The van der Waals surface area contributed by atoms with E-state index in [1.165, 1.54) is 0 Å². The van der Waals surface area contributed by atoms with Crippen molar-refractivity contribution in [3.63, 3.8) is 0 Å². The SMILES string of the molecule is Cc1noc(C)c1C(=O)N(Cc1ccc(NC(=O)c2ccncc2)cc1)CC(C)(C)CN. The summed E-state index contributed by atoms with van der Waals surface area (Å²) in [4.78, 5) is 31.4. The summed E-state index contributed by atoms with van der Waals surface area (Å²) in [6.45, 7) is 8.86. The molecule has 0 unspecified atom stereocenters. The van der Waals surface area contributed by atoms with Gasteiger partial charge in [0.2, 0.25) is 0 Å². The predicted molar refractivity (Wildman–Crippen MR) is 122 cm³/mol. The maximum atomic E-state index is 13.3. The van der Waals surface area contributed by atoms with Gasteiger partial charge >= 0.3 is 0 Å². The second kappa shape index (κ2) is 9.74. The first-order chi connectivity index (χ1) is 15.2. The normalized spacial score (nSPS) is 11.3. The largest absolute Gasteiger partial charge is 0.361 e. The zero-order chi connectivity index (χ0) is 23.3. The van der Waals surface area contributed by atoms with Crippen molar-refractivity contribution >= 4 is 17.5 Å². The molecule has 0 aliphatic rings. The van der Waals surface area contributed by atoms with Crippen molar-refractivity contribution in [3.05, 3.63) is 76.9 Å². The summed E-state index contributed by atoms with van der Waals surface area (Å²) >= 11 is 0. The molecule has 0 saturated carbocycles. The molecule has 0 radical (unpaired) electrons. The van der Waals surface area contributed by atoms with Gasteiger partial charge in [-0.25, -0.2) is 0 Å². The lowest BCUT2D eigenvalue weighted by atomic mass is 9.92. The highest BCUT2D eigenvalue weighted by Crippen LogP contribution is 2.23. The quantitative estimate of drug-likeness (QED) is 0.559. The van der Waals surface area contributed by atoms with Crippen LogP contribution in [-0.2, 0) is 6.54 Å². The lowest BCUT2D eigenvalue weighted by molar-refractivity contribution is 0.0671. The number of rotatable bonds is 8. The first-order valence-corrected chi connectivity index (χ1v) is 10.4. The number of benzene rings is 1. The molecule has 3 N–H and O–H groups in total. The molecule has 32 heavy (non-hydrogen) atoms. The molecule has 2 heterocycles. The first kappa shape index (κ1) is 23.1. The fourth-order valence-corrected chi connectivity index (χ4v) is 3.35. The van der Waals surface area contributed by atoms with Crippen LogP contribution < -0.4 is 11.1 Å². The van der Waals surface area contributed by atoms with Crippen molar-refractivity contribution in [2.75, 3.05) is 18.4 Å². The highest BCUT2D eigenvalue weighted by atomic mass is 16.5. The Morgan fingerprint density at radius 3 is 2.31 bits per heavy atom. The van der Waals surface area contributed by atoms with Gasteiger partial charge in [-0.1, -0.05) is 31.1 Å². The Balaban J connectivity index is 1.77. The molecule has 0 saturated heterocycles. The molecule has 8 heteroatoms. The molecular weight excluding hydrogens is 406 g/mol. The third-order valence-corrected chi connectivity index (χ3v) is 5.23. The number of carbonyl (C=O) groups is 2. The summed E-state index contributed by atoms with van der Waals surface area (Å²) < 4.78 is 5.20. The molecular formula is C24H29N5O3. The Morgan fingerprint density at radius 1 is 1.09 bits per heavy atom. The van der Waals surface area contributed by atoms with Crippen molar-refractivity contribution in [3.8, 4) is 0 Å². The van der Waals surface area contributed by atoms with Crippen LogP contribution in [0, 0.1) is 19.3 Å². The highest BCUT2D eigenvalue weighted by Gasteiger charge is 2.28. The zero-order valence-electron chi connectivity index (χ0n) is 18.9. The summed E-state index contributed by atoms with van der Waals surface area (Å²) in [6.07, 6.45) is 3.15. The lowest BCUT2D eigenvalue weighted by Crippen LogP contribution is -2.42. The number of hydrogen-bond acceptors (Lipinski definition) is 6. The number of nitrogens with zero attached hydrogens (tertiary/aromatic N) is 3. The zero-order valence-corrected chi connectivity index (χ0v) is 18.9. The van der Waals surface area contributed by atoms with Gasteiger partial charge < -0.3 is 20.5 Å². The fourth-order valence-electron chi connectivity index (χ4n) is 3.35. The van der Waals surface area contributed by atoms with Crippen LogP contribution in [0.3, 0.4) is 0 Å². The molecule has 0 fully saturated rings. The van der Waals surface area contributed by atoms with E-state index in [4.69, 9.17) is 10.3 Å². The second-order valence-electron chi connectivity index (χ2n) is 8.62. The third kappa shape index (κ3) is 5.59. The van der Waals surface area contributed by atoms with Gasteiger partial charge in [-0.3, -0.25) is 14.6 Å². The standard InChI is InChI=1S/C24H29N5O3/c1-16-21(17(2)32-28-16)23(31)29(15-24(3,4)14-25)13-18-5-7-20(8-6-18)27-22(30)19-9-11-26-12-10-19/h5-12H,13-15,25H2,1-4H3,(H,27,30). The van der Waals surface area contributed by atoms with E-state index in [0.29, 0.717) is 47.9 Å². The van der Waals surface area contributed by atoms with Crippen LogP contribution in [0.2, 0.25) is 0 Å². The number of aryl methyl sites for hydroxylation is 2. The molecule has 0 atom stereocenters. The number of hydrogen-bond donors (Lipinski definition) is 2. The minimum Gasteiger partial charge on any atom is -0.361 e. The van der Waals surface area contributed by atoms with Crippen molar-refractivity contribution in [1.29, 1.82) is 0 Å². The summed E-state index contributed by atoms with van der Waals surface area (Å²) in [5.74, 6) is 0.148. The maximum Gasteiger partial charge on any atom is 0.259 e. The minimum atomic E-state index is -0.257. The topological polar surface area (TPSA) is 114 Å². The molecule has 3 aromatic rings. The van der Waals surface area contributed by atoms with Crippen molar-refractivity contribution < 1.29 is 14.1 Å². The maximum absolute atomic E-state index is 13.3. The van der Waals surface area contributed by atoms with E-state index in [1.807, 2.05) is 38.1 Å². The Bertz CT molecular complexity index is 1060. The van der Waals surface area contributed by atoms with E-state index < -0.39 is 0 Å². The van der Waals surface area contributed by atoms with Gasteiger partial charge in [0.1, 0.15) is 11.3 Å². The molecule has 1 aromatic carbocycles. The van der Waals surface area contributed by atoms with E-state index in [-0.39, 0.29) is 17.2 Å². The highest BCUT2D eigenvalue weighted by molar-refractivity contribution is 6.04. The smallest absolute Gasteiger partial charge is 0.259 e. The van der Waals surface area contributed by atoms with Crippen LogP contribution in [0.5, 0.6) is 0 Å². The molecule has 0 aliphatic carbocycles. The molecule has 0 aliphatic heterocycles. The average molecular weight is 436 g/mol. The number of nitrogens with two attached hydrogens (primary N) is 1. The van der Waals surface area contributed by atoms with Gasteiger partial charge in [0.15, 0.2) is 0 Å². The van der Waals surface area contributed by atoms with Crippen LogP contribution in [0.4, 0.5) is 5.69 Å². The molecule has 2 amide bonds. The van der Waals surface area contributed by atoms with Crippen LogP contribution in [0.1, 0.15) is 51.6 Å². The molecule has 3 rings (SSSR count). The van der Waals surface area contributed by atoms with Crippen molar-refractivity contribution in [2.45, 2.75) is 34.2 Å². The molecule has 0 bridgehead atoms. The van der Waals surface area contributed by atoms with Gasteiger partial charge in [0.25, 0.3) is 11.8 Å². The van der Waals surface area contributed by atoms with E-state index in [1.54, 1.807) is 43.3 Å². The predicted octanol–water partition coefficient (Wildman–Crippen LogP) is 3.57. The monoisotopic (exact) mass is 435 g/mol. The van der Waals surface area contributed by atoms with Crippen molar-refractivity contribution in [1.82, 2.24) is 15.0 Å². The summed E-state index contributed by atoms with van der Waals surface area (Å²) in [6, 6.07) is 10.7. The second-order valence-corrected chi connectivity index (χ2v) is 8.62. The minimum absolute atomic E-state index is 0.141. The van der Waals surface area contributed by atoms with E-state index >= 15 is 0 Å². The third-order valence-electron chi connectivity index (χ3n) is 5.23. The fraction of sp³-hybridized carbons (Fsp3) is 0.333. The molecule has 8 nitrogen and oxygen atoms in total. The van der Waals surface area contributed by atoms with Crippen molar-refractivity contribution in [2.24, 2.45) is 11.1 Å². The Hall–Kier alpha value is -3.52. The van der Waals surface area contributed by atoms with Gasteiger partial charge in [0.05, 0.1) is 5.69 Å². The Labute approximate surface area is 187 Å². The van der Waals surface area contributed by atoms with Crippen LogP contribution >= 0.6 is 0 Å². The average Bonchev–Trinajstić information content (AvgIpc) is 3.12. The lowest BCUT2D eigenvalue weighted by Gasteiger charge is -2.32. The van der Waals surface area contributed by atoms with Gasteiger partial charge in [-0.15, -0.1) is 0 Å². The molecule has 2 aromatic heterocycles. The Kier molecular flexibility index (Phi) is 7.05. The molecule has 168 valence electrons. The number of carbonyl (C=O) groups excluding carboxylic acids is 2. The number of nitrogens with one attached hydrogen (secondary N) is 1. The van der Waals surface area contributed by atoms with E-state index in [2.05, 4.69) is 15.5 Å². The summed E-state index contributed by atoms with van der Waals surface area (Å²) in [7, 11) is 0. The van der Waals surface area contributed by atoms with E-state index in [0.717, 1.165) is 5.56 Å². The summed E-state index contributed by atoms with van der Waals surface area (Å²) in [5, 5.41) is 6.78. The van der Waals surface area contributed by atoms with Gasteiger partial charge in [-0.2, -0.15) is 0 Å². The van der Waals surface area contributed by atoms with Gasteiger partial charge in [0, 0.05) is 36.7 Å². The van der Waals surface area contributed by atoms with Crippen LogP contribution in [0.25, 0.3) is 0 Å². The molecule has 0 spiro atoms. The first-order valence-electron chi connectivity index (χ1n) is 10.4. The van der Waals surface area contributed by atoms with Crippen LogP contribution in [0.15, 0.2) is 53.3 Å². The number of amides is 2. The Morgan fingerprint density at radius 2 is 1.75 bits per heavy atom. The van der Waals surface area contributed by atoms with Gasteiger partial charge in [-0.05, 0) is 55.6 Å². The van der Waals surface area contributed by atoms with Crippen LogP contribution in [-0.4, -0.2) is 39.9 Å². The van der Waals surface area contributed by atoms with E-state index in [9.17, 15) is 9.59 Å².